The lowest BCUT2D eigenvalue weighted by atomic mass is 10.1. The predicted octanol–water partition coefficient (Wildman–Crippen LogP) is 4.02. The average Bonchev–Trinajstić information content (AvgIpc) is 3.03. The largest absolute Gasteiger partial charge is 0.431 e. The van der Waals surface area contributed by atoms with Gasteiger partial charge >= 0.3 is 6.18 Å². The van der Waals surface area contributed by atoms with Crippen LogP contribution in [0, 0.1) is 0 Å². The average molecular weight is 353 g/mol. The summed E-state index contributed by atoms with van der Waals surface area (Å²) in [5, 5.41) is 3.44. The van der Waals surface area contributed by atoms with Gasteiger partial charge in [-0.15, -0.1) is 0 Å². The zero-order valence-corrected chi connectivity index (χ0v) is 13.3. The van der Waals surface area contributed by atoms with E-state index in [-0.39, 0.29) is 5.65 Å². The highest BCUT2D eigenvalue weighted by Crippen LogP contribution is 2.30. The zero-order valence-electron chi connectivity index (χ0n) is 13.3. The van der Waals surface area contributed by atoms with Crippen molar-refractivity contribution in [3.05, 3.63) is 47.2 Å². The van der Waals surface area contributed by atoms with Gasteiger partial charge in [0.1, 0.15) is 30.2 Å². The van der Waals surface area contributed by atoms with E-state index in [4.69, 9.17) is 0 Å². The van der Waals surface area contributed by atoms with Gasteiger partial charge in [0.05, 0.1) is 5.69 Å². The van der Waals surface area contributed by atoms with E-state index in [1.165, 1.54) is 12.5 Å². The lowest BCUT2D eigenvalue weighted by molar-refractivity contribution is -0.140. The van der Waals surface area contributed by atoms with Crippen LogP contribution in [0.4, 0.5) is 23.4 Å². The van der Waals surface area contributed by atoms with E-state index in [9.17, 15) is 17.6 Å². The summed E-state index contributed by atoms with van der Waals surface area (Å²) >= 11 is 0. The molecular formula is C16H15F4N5. The summed E-state index contributed by atoms with van der Waals surface area (Å²) in [6, 6.07) is 2.64. The number of pyridine rings is 1. The second-order valence-corrected chi connectivity index (χ2v) is 5.45. The molecule has 0 atom stereocenters. The Bertz CT molecular complexity index is 888. The first kappa shape index (κ1) is 17.1. The zero-order chi connectivity index (χ0) is 18.0. The molecule has 0 saturated heterocycles. The fraction of sp³-hybridized carbons (Fsp3) is 0.312. The lowest BCUT2D eigenvalue weighted by Crippen LogP contribution is -2.08. The van der Waals surface area contributed by atoms with Crippen LogP contribution in [0.3, 0.4) is 0 Å². The third-order valence-electron chi connectivity index (χ3n) is 3.81. The molecule has 132 valence electrons. The molecule has 0 spiro atoms. The summed E-state index contributed by atoms with van der Waals surface area (Å²) in [4.78, 5) is 14.3. The van der Waals surface area contributed by atoms with Crippen LogP contribution in [0.15, 0.2) is 24.7 Å². The molecule has 0 amide bonds. The highest BCUT2D eigenvalue weighted by Gasteiger charge is 2.32. The number of hydrogen-bond acceptors (Lipinski definition) is 4. The molecule has 9 heteroatoms. The monoisotopic (exact) mass is 353 g/mol. The van der Waals surface area contributed by atoms with Gasteiger partial charge in [0.15, 0.2) is 0 Å². The van der Waals surface area contributed by atoms with Crippen LogP contribution in [0.1, 0.15) is 29.4 Å². The van der Waals surface area contributed by atoms with Gasteiger partial charge in [-0.2, -0.15) is 13.2 Å². The third-order valence-corrected chi connectivity index (χ3v) is 3.81. The van der Waals surface area contributed by atoms with Gasteiger partial charge in [0, 0.05) is 23.7 Å². The molecule has 3 aromatic rings. The minimum atomic E-state index is -4.45. The van der Waals surface area contributed by atoms with E-state index in [1.54, 1.807) is 6.07 Å². The van der Waals surface area contributed by atoms with E-state index >= 15 is 0 Å². The predicted molar refractivity (Wildman–Crippen MR) is 84.6 cm³/mol. The van der Waals surface area contributed by atoms with Crippen molar-refractivity contribution in [1.82, 2.24) is 19.9 Å². The van der Waals surface area contributed by atoms with Crippen LogP contribution in [0.2, 0.25) is 0 Å². The Morgan fingerprint density at radius 3 is 2.64 bits per heavy atom. The van der Waals surface area contributed by atoms with E-state index in [0.717, 1.165) is 6.07 Å². The van der Waals surface area contributed by atoms with Gasteiger partial charge in [0.25, 0.3) is 0 Å². The topological polar surface area (TPSA) is 66.5 Å². The first-order valence-electron chi connectivity index (χ1n) is 7.59. The van der Waals surface area contributed by atoms with E-state index in [1.807, 2.05) is 6.92 Å². The van der Waals surface area contributed by atoms with Crippen LogP contribution in [0.5, 0.6) is 0 Å². The van der Waals surface area contributed by atoms with Crippen LogP contribution in [-0.2, 0) is 25.8 Å². The second kappa shape index (κ2) is 6.66. The number of nitrogens with one attached hydrogen (secondary N) is 2. The van der Waals surface area contributed by atoms with Crippen LogP contribution in [-0.4, -0.2) is 19.9 Å². The number of anilines is 1. The molecule has 0 bridgehead atoms. The molecule has 0 saturated carbocycles. The number of fused-ring (bicyclic) bond motifs is 1. The Labute approximate surface area is 140 Å². The molecular weight excluding hydrogens is 338 g/mol. The van der Waals surface area contributed by atoms with Crippen molar-refractivity contribution in [2.24, 2.45) is 0 Å². The number of aromatic amines is 1. The minimum Gasteiger partial charge on any atom is -0.366 e. The smallest absolute Gasteiger partial charge is 0.366 e. The maximum absolute atomic E-state index is 13.0. The molecule has 3 rings (SSSR count). The lowest BCUT2D eigenvalue weighted by Gasteiger charge is -2.11. The van der Waals surface area contributed by atoms with E-state index in [2.05, 4.69) is 25.3 Å². The summed E-state index contributed by atoms with van der Waals surface area (Å²) < 4.78 is 51.2. The number of H-pyrrole nitrogens is 1. The molecule has 2 N–H and O–H groups in total. The number of hydrogen-bond donors (Lipinski definition) is 2. The Balaban J connectivity index is 1.82. The fourth-order valence-corrected chi connectivity index (χ4v) is 2.58. The van der Waals surface area contributed by atoms with Crippen molar-refractivity contribution in [2.75, 3.05) is 5.32 Å². The van der Waals surface area contributed by atoms with Crippen molar-refractivity contribution < 1.29 is 17.6 Å². The van der Waals surface area contributed by atoms with E-state index < -0.39 is 18.5 Å². The Morgan fingerprint density at radius 1 is 1.16 bits per heavy atom. The Hall–Kier alpha value is -2.71. The molecule has 25 heavy (non-hydrogen) atoms. The van der Waals surface area contributed by atoms with Gasteiger partial charge in [-0.05, 0) is 24.1 Å². The van der Waals surface area contributed by atoms with Gasteiger partial charge < -0.3 is 10.3 Å². The van der Waals surface area contributed by atoms with Crippen molar-refractivity contribution in [3.63, 3.8) is 0 Å². The Kier molecular flexibility index (Phi) is 4.56. The Morgan fingerprint density at radius 2 is 1.96 bits per heavy atom. The normalized spacial score (nSPS) is 11.9. The molecule has 0 aliphatic carbocycles. The molecule has 3 aromatic heterocycles. The molecule has 0 unspecified atom stereocenters. The summed E-state index contributed by atoms with van der Waals surface area (Å²) in [6.45, 7) is 1.48. The molecule has 0 fully saturated rings. The van der Waals surface area contributed by atoms with Gasteiger partial charge in [-0.1, -0.05) is 6.92 Å². The van der Waals surface area contributed by atoms with Crippen molar-refractivity contribution in [1.29, 1.82) is 0 Å². The second-order valence-electron chi connectivity index (χ2n) is 5.45. The van der Waals surface area contributed by atoms with Crippen LogP contribution >= 0.6 is 0 Å². The molecule has 0 aromatic carbocycles. The van der Waals surface area contributed by atoms with Gasteiger partial charge in [-0.25, -0.2) is 19.3 Å². The standard InChI is InChI=1S/C16H15F4N5/c1-2-11-12(5-17)23-8-24-15(11)22-7-9-3-10-4-13(16(18,19)20)25-14(10)21-6-9/h3-4,6,8H,2,5,7H2,1H3,(H,21,25)(H,22,23,24). The molecule has 0 aliphatic heterocycles. The number of alkyl halides is 4. The molecule has 5 nitrogen and oxygen atoms in total. The van der Waals surface area contributed by atoms with Crippen LogP contribution < -0.4 is 5.32 Å². The van der Waals surface area contributed by atoms with Gasteiger partial charge in [0.2, 0.25) is 0 Å². The SMILES string of the molecule is CCc1c(CF)ncnc1NCc1cnc2[nH]c(C(F)(F)F)cc2c1. The third kappa shape index (κ3) is 3.54. The molecule has 3 heterocycles. The van der Waals surface area contributed by atoms with Crippen molar-refractivity contribution in [2.45, 2.75) is 32.7 Å². The number of aromatic nitrogens is 4. The first-order valence-corrected chi connectivity index (χ1v) is 7.59. The maximum atomic E-state index is 13.0. The minimum absolute atomic E-state index is 0.173. The number of nitrogens with zero attached hydrogens (tertiary/aromatic N) is 3. The van der Waals surface area contributed by atoms with Crippen LogP contribution in [0.25, 0.3) is 11.0 Å². The molecule has 0 aliphatic rings. The highest BCUT2D eigenvalue weighted by atomic mass is 19.4. The van der Waals surface area contributed by atoms with Crippen molar-refractivity contribution in [3.8, 4) is 0 Å². The maximum Gasteiger partial charge on any atom is 0.431 e. The first-order chi connectivity index (χ1) is 11.9. The summed E-state index contributed by atoms with van der Waals surface area (Å²) in [5.41, 5.74) is 1.03. The fourth-order valence-electron chi connectivity index (χ4n) is 2.58. The quantitative estimate of drug-likeness (QED) is 0.680. The number of halogens is 4. The highest BCUT2D eigenvalue weighted by molar-refractivity contribution is 5.77. The summed E-state index contributed by atoms with van der Waals surface area (Å²) in [5.74, 6) is 0.510. The van der Waals surface area contributed by atoms with Gasteiger partial charge in [-0.3, -0.25) is 0 Å². The molecule has 0 radical (unpaired) electrons. The van der Waals surface area contributed by atoms with Crippen molar-refractivity contribution >= 4 is 16.9 Å². The summed E-state index contributed by atoms with van der Waals surface area (Å²) in [6.07, 6.45) is -1.13. The number of rotatable bonds is 5. The summed E-state index contributed by atoms with van der Waals surface area (Å²) in [7, 11) is 0. The van der Waals surface area contributed by atoms with E-state index in [0.29, 0.717) is 41.0 Å².